The number of rotatable bonds is 12. The lowest BCUT2D eigenvalue weighted by molar-refractivity contribution is -0.144. The predicted octanol–water partition coefficient (Wildman–Crippen LogP) is 2.43. The fourth-order valence-corrected chi connectivity index (χ4v) is 4.17. The molecule has 1 aromatic carbocycles. The topological polar surface area (TPSA) is 116 Å². The molecular formula is C21H35BN2O5. The lowest BCUT2D eigenvalue weighted by Gasteiger charge is -2.37. The van der Waals surface area contributed by atoms with Gasteiger partial charge in [-0.3, -0.25) is 9.69 Å². The quantitative estimate of drug-likeness (QED) is 0.311. The minimum absolute atomic E-state index is 0.243. The van der Waals surface area contributed by atoms with Crippen LogP contribution in [0.3, 0.4) is 0 Å². The van der Waals surface area contributed by atoms with E-state index in [0.717, 1.165) is 38.1 Å². The Hall–Kier alpha value is -1.61. The molecule has 1 aliphatic rings. The Morgan fingerprint density at radius 2 is 1.90 bits per heavy atom. The third kappa shape index (κ3) is 7.30. The molecule has 0 aromatic heterocycles. The lowest BCUT2D eigenvalue weighted by Crippen LogP contribution is -2.48. The number of hydrogen-bond acceptors (Lipinski definition) is 6. The van der Waals surface area contributed by atoms with Gasteiger partial charge in [0.15, 0.2) is 0 Å². The van der Waals surface area contributed by atoms with E-state index in [0.29, 0.717) is 31.7 Å². The third-order valence-electron chi connectivity index (χ3n) is 5.94. The zero-order valence-electron chi connectivity index (χ0n) is 17.4. The van der Waals surface area contributed by atoms with Gasteiger partial charge in [0, 0.05) is 6.04 Å². The molecular weight excluding hydrogens is 371 g/mol. The van der Waals surface area contributed by atoms with Gasteiger partial charge in [0.1, 0.15) is 11.3 Å². The van der Waals surface area contributed by atoms with E-state index in [1.807, 2.05) is 12.1 Å². The summed E-state index contributed by atoms with van der Waals surface area (Å²) in [4.78, 5) is 14.2. The minimum atomic E-state index is -1.35. The number of ether oxygens (including phenoxy) is 1. The number of nitrogens with zero attached hydrogens (tertiary/aromatic N) is 1. The Labute approximate surface area is 174 Å². The highest BCUT2D eigenvalue weighted by molar-refractivity contribution is 6.40. The van der Waals surface area contributed by atoms with Crippen LogP contribution in [0.2, 0.25) is 6.32 Å². The Kier molecular flexibility index (Phi) is 9.43. The van der Waals surface area contributed by atoms with Crippen molar-refractivity contribution in [3.63, 3.8) is 0 Å². The van der Waals surface area contributed by atoms with Crippen molar-refractivity contribution in [2.45, 2.75) is 69.3 Å². The maximum absolute atomic E-state index is 11.7. The number of piperidine rings is 1. The molecule has 0 saturated carbocycles. The fourth-order valence-electron chi connectivity index (χ4n) is 4.17. The summed E-state index contributed by atoms with van der Waals surface area (Å²) < 4.78 is 5.25. The second-order valence-electron chi connectivity index (χ2n) is 8.11. The number of aliphatic carboxylic acids is 1. The maximum Gasteiger partial charge on any atom is 0.451 e. The monoisotopic (exact) mass is 406 g/mol. The average molecular weight is 406 g/mol. The first kappa shape index (κ1) is 23.7. The van der Waals surface area contributed by atoms with Crippen LogP contribution in [0.1, 0.15) is 63.0 Å². The molecule has 0 spiro atoms. The third-order valence-corrected chi connectivity index (χ3v) is 5.94. The molecule has 0 amide bonds. The first-order valence-electron chi connectivity index (χ1n) is 10.6. The summed E-state index contributed by atoms with van der Waals surface area (Å²) in [7, 11) is 0.316. The van der Waals surface area contributed by atoms with E-state index in [1.54, 1.807) is 7.11 Å². The number of nitrogens with two attached hydrogens (primary N) is 1. The standard InChI is InChI=1S/C21H35BN2O5/c1-29-18-10-8-17(9-11-18)19-7-2-5-15-24(19)16-6-13-21(23,20(25)26)12-3-4-14-22(27)28/h8-11,19,27-28H,2-7,12-16,23H2,1H3,(H,25,26). The zero-order chi connectivity index (χ0) is 21.3. The van der Waals surface area contributed by atoms with Crippen LogP contribution < -0.4 is 10.5 Å². The molecule has 2 rings (SSSR count). The Morgan fingerprint density at radius 1 is 1.21 bits per heavy atom. The molecule has 7 nitrogen and oxygen atoms in total. The van der Waals surface area contributed by atoms with Crippen molar-refractivity contribution in [1.82, 2.24) is 4.90 Å². The van der Waals surface area contributed by atoms with Gasteiger partial charge in [0.05, 0.1) is 7.11 Å². The SMILES string of the molecule is COc1ccc(C2CCCCN2CCCC(N)(CCCCB(O)O)C(=O)O)cc1. The van der Waals surface area contributed by atoms with Gasteiger partial charge in [-0.15, -0.1) is 0 Å². The molecule has 5 N–H and O–H groups in total. The smallest absolute Gasteiger partial charge is 0.451 e. The van der Waals surface area contributed by atoms with E-state index in [1.165, 1.54) is 12.0 Å². The summed E-state index contributed by atoms with van der Waals surface area (Å²) >= 11 is 0. The Morgan fingerprint density at radius 3 is 2.52 bits per heavy atom. The number of methoxy groups -OCH3 is 1. The predicted molar refractivity (Wildman–Crippen MR) is 114 cm³/mol. The lowest BCUT2D eigenvalue weighted by atomic mass is 9.81. The molecule has 0 radical (unpaired) electrons. The molecule has 29 heavy (non-hydrogen) atoms. The van der Waals surface area contributed by atoms with E-state index in [4.69, 9.17) is 20.5 Å². The summed E-state index contributed by atoms with van der Waals surface area (Å²) in [5.41, 5.74) is 6.20. The van der Waals surface area contributed by atoms with Crippen LogP contribution in [0.25, 0.3) is 0 Å². The van der Waals surface area contributed by atoms with E-state index in [-0.39, 0.29) is 6.32 Å². The summed E-state index contributed by atoms with van der Waals surface area (Å²) in [5.74, 6) is -0.133. The molecule has 0 aliphatic carbocycles. The number of carboxylic acid groups (broad SMARTS) is 1. The molecule has 1 fully saturated rings. The highest BCUT2D eigenvalue weighted by atomic mass is 16.5. The highest BCUT2D eigenvalue weighted by Crippen LogP contribution is 2.32. The van der Waals surface area contributed by atoms with Crippen molar-refractivity contribution in [3.05, 3.63) is 29.8 Å². The van der Waals surface area contributed by atoms with Crippen molar-refractivity contribution in [3.8, 4) is 5.75 Å². The normalized spacial score (nSPS) is 19.5. The number of hydrogen-bond donors (Lipinski definition) is 4. The van der Waals surface area contributed by atoms with E-state index in [9.17, 15) is 9.90 Å². The van der Waals surface area contributed by atoms with Crippen LogP contribution in [0, 0.1) is 0 Å². The van der Waals surface area contributed by atoms with Gasteiger partial charge in [0.25, 0.3) is 0 Å². The van der Waals surface area contributed by atoms with Crippen LogP contribution in [0.5, 0.6) is 5.75 Å². The summed E-state index contributed by atoms with van der Waals surface area (Å²) in [5, 5.41) is 27.4. The van der Waals surface area contributed by atoms with Gasteiger partial charge in [0.2, 0.25) is 0 Å². The van der Waals surface area contributed by atoms with Crippen LogP contribution in [-0.4, -0.2) is 58.9 Å². The number of carbonyl (C=O) groups is 1. The largest absolute Gasteiger partial charge is 0.497 e. The Bertz CT molecular complexity index is 628. The van der Waals surface area contributed by atoms with Gasteiger partial charge < -0.3 is 25.6 Å². The van der Waals surface area contributed by atoms with E-state index >= 15 is 0 Å². The number of benzene rings is 1. The van der Waals surface area contributed by atoms with Crippen LogP contribution in [-0.2, 0) is 4.79 Å². The zero-order valence-corrected chi connectivity index (χ0v) is 17.4. The van der Waals surface area contributed by atoms with Crippen LogP contribution in [0.15, 0.2) is 24.3 Å². The molecule has 2 atom stereocenters. The number of likely N-dealkylation sites (tertiary alicyclic amines) is 1. The summed E-state index contributed by atoms with van der Waals surface area (Å²) in [6.45, 7) is 1.83. The fraction of sp³-hybridized carbons (Fsp3) is 0.667. The molecule has 1 aromatic rings. The van der Waals surface area contributed by atoms with Crippen molar-refractivity contribution in [2.24, 2.45) is 5.73 Å². The highest BCUT2D eigenvalue weighted by Gasteiger charge is 2.33. The van der Waals surface area contributed by atoms with Gasteiger partial charge in [-0.25, -0.2) is 0 Å². The van der Waals surface area contributed by atoms with Crippen molar-refractivity contribution in [2.75, 3.05) is 20.2 Å². The number of carboxylic acids is 1. The van der Waals surface area contributed by atoms with Crippen molar-refractivity contribution >= 4 is 13.1 Å². The van der Waals surface area contributed by atoms with Gasteiger partial charge in [-0.2, -0.15) is 0 Å². The molecule has 1 saturated heterocycles. The number of unbranched alkanes of at least 4 members (excludes halogenated alkanes) is 1. The molecule has 8 heteroatoms. The second-order valence-corrected chi connectivity index (χ2v) is 8.11. The Balaban J connectivity index is 1.89. The van der Waals surface area contributed by atoms with Crippen LogP contribution in [0.4, 0.5) is 0 Å². The molecule has 162 valence electrons. The van der Waals surface area contributed by atoms with Crippen molar-refractivity contribution < 1.29 is 24.7 Å². The minimum Gasteiger partial charge on any atom is -0.497 e. The van der Waals surface area contributed by atoms with Gasteiger partial charge in [-0.05, 0) is 69.2 Å². The second kappa shape index (κ2) is 11.5. The first-order chi connectivity index (χ1) is 13.9. The van der Waals surface area contributed by atoms with E-state index in [2.05, 4.69) is 17.0 Å². The molecule has 0 bridgehead atoms. The van der Waals surface area contributed by atoms with E-state index < -0.39 is 18.6 Å². The average Bonchev–Trinajstić information content (AvgIpc) is 2.71. The molecule has 1 aliphatic heterocycles. The molecule has 1 heterocycles. The van der Waals surface area contributed by atoms with Crippen molar-refractivity contribution in [1.29, 1.82) is 0 Å². The van der Waals surface area contributed by atoms with Crippen LogP contribution >= 0.6 is 0 Å². The first-order valence-corrected chi connectivity index (χ1v) is 10.6. The maximum atomic E-state index is 11.7. The summed E-state index contributed by atoms with van der Waals surface area (Å²) in [6.07, 6.45) is 6.29. The van der Waals surface area contributed by atoms with Gasteiger partial charge >= 0.3 is 13.1 Å². The summed E-state index contributed by atoms with van der Waals surface area (Å²) in [6, 6.07) is 8.54. The van der Waals surface area contributed by atoms with Gasteiger partial charge in [-0.1, -0.05) is 31.4 Å². The molecule has 2 unspecified atom stereocenters.